The number of anilines is 2. The Bertz CT molecular complexity index is 831. The van der Waals surface area contributed by atoms with Crippen LogP contribution in [0.2, 0.25) is 5.15 Å². The van der Waals surface area contributed by atoms with Crippen molar-refractivity contribution in [1.82, 2.24) is 20.3 Å². The van der Waals surface area contributed by atoms with Crippen LogP contribution in [0.15, 0.2) is 23.3 Å². The number of hydrogen-bond acceptors (Lipinski definition) is 6. The number of nitrogens with one attached hydrogen (secondary N) is 2. The first-order valence-corrected chi connectivity index (χ1v) is 7.77. The van der Waals surface area contributed by atoms with Crippen molar-refractivity contribution in [3.05, 3.63) is 34.9 Å². The Balaban J connectivity index is 2.03. The summed E-state index contributed by atoms with van der Waals surface area (Å²) in [6.07, 6.45) is 1.66. The predicted octanol–water partition coefficient (Wildman–Crippen LogP) is -0.680. The minimum absolute atomic E-state index is 0.0495. The molecule has 0 spiro atoms. The van der Waals surface area contributed by atoms with Gasteiger partial charge in [0, 0.05) is 26.3 Å². The zero-order valence-corrected chi connectivity index (χ0v) is 14.6. The molecular formula is C14H18ClN9O2. The van der Waals surface area contributed by atoms with Gasteiger partial charge in [-0.1, -0.05) is 11.6 Å². The monoisotopic (exact) mass is 379 g/mol. The number of H-pyrrole nitrogens is 1. The molecule has 0 aliphatic heterocycles. The van der Waals surface area contributed by atoms with Gasteiger partial charge in [-0.3, -0.25) is 9.59 Å². The van der Waals surface area contributed by atoms with Crippen LogP contribution in [0, 0.1) is 0 Å². The number of halogens is 1. The Morgan fingerprint density at radius 1 is 1.38 bits per heavy atom. The molecule has 2 aromatic heterocycles. The van der Waals surface area contributed by atoms with Crippen LogP contribution in [0.1, 0.15) is 21.0 Å². The highest BCUT2D eigenvalue weighted by atomic mass is 35.5. The maximum atomic E-state index is 11.8. The molecule has 0 saturated carbocycles. The van der Waals surface area contributed by atoms with Crippen molar-refractivity contribution in [2.75, 3.05) is 30.8 Å². The van der Waals surface area contributed by atoms with E-state index in [0.717, 1.165) is 0 Å². The highest BCUT2D eigenvalue weighted by Gasteiger charge is 2.19. The molecule has 12 heteroatoms. The van der Waals surface area contributed by atoms with E-state index in [2.05, 4.69) is 25.3 Å². The number of rotatable bonds is 6. The molecule has 0 bridgehead atoms. The highest BCUT2D eigenvalue weighted by molar-refractivity contribution is 6.32. The zero-order valence-electron chi connectivity index (χ0n) is 13.9. The molecule has 26 heavy (non-hydrogen) atoms. The summed E-state index contributed by atoms with van der Waals surface area (Å²) in [5.74, 6) is -1.42. The number of nitrogens with zero attached hydrogens (tertiary/aromatic N) is 4. The third-order valence-corrected chi connectivity index (χ3v) is 3.49. The number of hydrogen-bond donors (Lipinski definition) is 5. The molecule has 8 N–H and O–H groups in total. The fourth-order valence-corrected chi connectivity index (χ4v) is 2.27. The molecular weight excluding hydrogens is 362 g/mol. The van der Waals surface area contributed by atoms with Crippen molar-refractivity contribution >= 4 is 41.0 Å². The van der Waals surface area contributed by atoms with Crippen molar-refractivity contribution in [2.24, 2.45) is 16.5 Å². The van der Waals surface area contributed by atoms with Gasteiger partial charge in [0.2, 0.25) is 0 Å². The number of guanidine groups is 1. The number of aromatic nitrogens is 3. The summed E-state index contributed by atoms with van der Waals surface area (Å²) < 4.78 is 0. The van der Waals surface area contributed by atoms with Gasteiger partial charge in [-0.2, -0.15) is 4.99 Å². The van der Waals surface area contributed by atoms with Crippen molar-refractivity contribution in [3.63, 3.8) is 0 Å². The standard InChI is InChI=1S/C14H18ClN9O2/c1-24(6-5-20-12(25)7-3-2-4-19-7)11-9(15)21-8(10(16)22-11)13(26)23-14(17)18/h2-4,19H,5-6H2,1H3,(H2,16,22)(H,20,25)(H4,17,18,23,26). The first-order chi connectivity index (χ1) is 12.3. The van der Waals surface area contributed by atoms with Crippen molar-refractivity contribution in [2.45, 2.75) is 0 Å². The summed E-state index contributed by atoms with van der Waals surface area (Å²) in [4.78, 5) is 39.4. The number of nitrogen functional groups attached to an aromatic ring is 1. The third kappa shape index (κ3) is 4.60. The van der Waals surface area contributed by atoms with Crippen LogP contribution in [0.5, 0.6) is 0 Å². The van der Waals surface area contributed by atoms with E-state index >= 15 is 0 Å². The number of likely N-dealkylation sites (N-methyl/N-ethyl adjacent to an activating group) is 1. The van der Waals surface area contributed by atoms with E-state index < -0.39 is 11.9 Å². The molecule has 11 nitrogen and oxygen atoms in total. The SMILES string of the molecule is CN(CCNC(=O)c1ccc[nH]1)c1nc(N)c(C(=O)N=C(N)N)nc1Cl. The second-order valence-electron chi connectivity index (χ2n) is 5.17. The number of aromatic amines is 1. The summed E-state index contributed by atoms with van der Waals surface area (Å²) in [5.41, 5.74) is 16.3. The lowest BCUT2D eigenvalue weighted by atomic mass is 10.3. The number of amides is 2. The molecule has 138 valence electrons. The number of carbonyl (C=O) groups excluding carboxylic acids is 2. The van der Waals surface area contributed by atoms with Crippen LogP contribution in [-0.2, 0) is 0 Å². The summed E-state index contributed by atoms with van der Waals surface area (Å²) >= 11 is 6.07. The Labute approximate surface area is 153 Å². The van der Waals surface area contributed by atoms with Crippen LogP contribution in [0.4, 0.5) is 11.6 Å². The molecule has 0 radical (unpaired) electrons. The Morgan fingerprint density at radius 3 is 2.73 bits per heavy atom. The van der Waals surface area contributed by atoms with Gasteiger partial charge < -0.3 is 32.4 Å². The van der Waals surface area contributed by atoms with Crippen LogP contribution >= 0.6 is 11.6 Å². The largest absolute Gasteiger partial charge is 0.382 e. The van der Waals surface area contributed by atoms with Gasteiger partial charge in [-0.25, -0.2) is 9.97 Å². The Hall–Kier alpha value is -3.34. The van der Waals surface area contributed by atoms with Crippen LogP contribution < -0.4 is 27.4 Å². The maximum Gasteiger partial charge on any atom is 0.302 e. The van der Waals surface area contributed by atoms with Gasteiger partial charge in [0.1, 0.15) is 5.69 Å². The van der Waals surface area contributed by atoms with Gasteiger partial charge in [0.25, 0.3) is 5.91 Å². The maximum absolute atomic E-state index is 11.8. The fraction of sp³-hybridized carbons (Fsp3) is 0.214. The van der Waals surface area contributed by atoms with E-state index in [1.54, 1.807) is 30.3 Å². The van der Waals surface area contributed by atoms with E-state index in [1.807, 2.05) is 0 Å². The molecule has 2 aromatic rings. The van der Waals surface area contributed by atoms with Gasteiger partial charge in [0.15, 0.2) is 28.4 Å². The van der Waals surface area contributed by atoms with Crippen LogP contribution in [-0.4, -0.2) is 52.9 Å². The van der Waals surface area contributed by atoms with Crippen LogP contribution in [0.25, 0.3) is 0 Å². The normalized spacial score (nSPS) is 10.2. The van der Waals surface area contributed by atoms with Gasteiger partial charge in [0.05, 0.1) is 0 Å². The molecule has 0 aliphatic rings. The summed E-state index contributed by atoms with van der Waals surface area (Å²) in [6, 6.07) is 3.39. The molecule has 2 amide bonds. The third-order valence-electron chi connectivity index (χ3n) is 3.23. The fourth-order valence-electron chi connectivity index (χ4n) is 2.00. The van der Waals surface area contributed by atoms with Gasteiger partial charge in [-0.15, -0.1) is 0 Å². The predicted molar refractivity (Wildman–Crippen MR) is 98.0 cm³/mol. The van der Waals surface area contributed by atoms with Gasteiger partial charge >= 0.3 is 5.91 Å². The molecule has 2 heterocycles. The molecule has 0 atom stereocenters. The first kappa shape index (κ1) is 19.0. The molecule has 2 rings (SSSR count). The van der Waals surface area contributed by atoms with Crippen LogP contribution in [0.3, 0.4) is 0 Å². The summed E-state index contributed by atoms with van der Waals surface area (Å²) in [7, 11) is 1.69. The second kappa shape index (κ2) is 8.16. The van der Waals surface area contributed by atoms with E-state index in [4.69, 9.17) is 28.8 Å². The highest BCUT2D eigenvalue weighted by Crippen LogP contribution is 2.23. The minimum atomic E-state index is -0.843. The molecule has 0 aromatic carbocycles. The quantitative estimate of drug-likeness (QED) is 0.323. The smallest absolute Gasteiger partial charge is 0.302 e. The molecule has 0 saturated heterocycles. The second-order valence-corrected chi connectivity index (χ2v) is 5.53. The molecule has 0 fully saturated rings. The topological polar surface area (TPSA) is 181 Å². The Kier molecular flexibility index (Phi) is 5.96. The first-order valence-electron chi connectivity index (χ1n) is 7.39. The average molecular weight is 380 g/mol. The van der Waals surface area contributed by atoms with E-state index in [-0.39, 0.29) is 28.4 Å². The summed E-state index contributed by atoms with van der Waals surface area (Å²) in [6.45, 7) is 0.697. The lowest BCUT2D eigenvalue weighted by Gasteiger charge is -2.19. The lowest BCUT2D eigenvalue weighted by Crippen LogP contribution is -2.34. The van der Waals surface area contributed by atoms with Crippen molar-refractivity contribution in [3.8, 4) is 0 Å². The number of carbonyl (C=O) groups is 2. The van der Waals surface area contributed by atoms with E-state index in [1.165, 1.54) is 0 Å². The number of nitrogens with two attached hydrogens (primary N) is 3. The minimum Gasteiger partial charge on any atom is -0.382 e. The van der Waals surface area contributed by atoms with Crippen molar-refractivity contribution < 1.29 is 9.59 Å². The molecule has 0 aliphatic carbocycles. The zero-order chi connectivity index (χ0) is 19.3. The van der Waals surface area contributed by atoms with E-state index in [9.17, 15) is 9.59 Å². The molecule has 0 unspecified atom stereocenters. The summed E-state index contributed by atoms with van der Waals surface area (Å²) in [5, 5.41) is 2.69. The Morgan fingerprint density at radius 2 is 2.12 bits per heavy atom. The average Bonchev–Trinajstić information content (AvgIpc) is 3.10. The van der Waals surface area contributed by atoms with Gasteiger partial charge in [-0.05, 0) is 12.1 Å². The number of aliphatic imine (C=N–C) groups is 1. The lowest BCUT2D eigenvalue weighted by molar-refractivity contribution is 0.0949. The van der Waals surface area contributed by atoms with Crippen molar-refractivity contribution in [1.29, 1.82) is 0 Å². The van der Waals surface area contributed by atoms with E-state index in [0.29, 0.717) is 18.8 Å².